The van der Waals surface area contributed by atoms with Crippen LogP contribution >= 0.6 is 11.6 Å². The lowest BCUT2D eigenvalue weighted by molar-refractivity contribution is -0.123. The van der Waals surface area contributed by atoms with Crippen molar-refractivity contribution in [2.45, 2.75) is 37.7 Å². The van der Waals surface area contributed by atoms with Crippen LogP contribution in [0.3, 0.4) is 0 Å². The maximum Gasteiger partial charge on any atom is 0.243 e. The quantitative estimate of drug-likeness (QED) is 0.882. The van der Waals surface area contributed by atoms with E-state index in [1.54, 1.807) is 18.2 Å². The summed E-state index contributed by atoms with van der Waals surface area (Å²) in [6.45, 7) is 1.83. The van der Waals surface area contributed by atoms with Crippen LogP contribution in [0, 0.1) is 11.3 Å². The Hall–Kier alpha value is -2.06. The van der Waals surface area contributed by atoms with Crippen molar-refractivity contribution in [3.63, 3.8) is 0 Å². The first-order chi connectivity index (χ1) is 10.1. The zero-order valence-corrected chi connectivity index (χ0v) is 12.4. The van der Waals surface area contributed by atoms with E-state index >= 15 is 0 Å². The van der Waals surface area contributed by atoms with Crippen molar-refractivity contribution in [1.82, 2.24) is 14.9 Å². The van der Waals surface area contributed by atoms with Crippen LogP contribution in [0.2, 0.25) is 0 Å². The molecule has 1 aromatic heterocycles. The number of fused-ring (bicyclic) bond motifs is 1. The zero-order valence-electron chi connectivity index (χ0n) is 11.6. The first kappa shape index (κ1) is 13.9. The summed E-state index contributed by atoms with van der Waals surface area (Å²) in [5.41, 5.74) is 2.05. The molecule has 0 aliphatic heterocycles. The summed E-state index contributed by atoms with van der Waals surface area (Å²) in [6, 6.07) is 7.26. The molecule has 1 heterocycles. The number of carbonyl (C=O) groups excluding carboxylic acids is 1. The van der Waals surface area contributed by atoms with Crippen molar-refractivity contribution < 1.29 is 4.79 Å². The fourth-order valence-corrected chi connectivity index (χ4v) is 2.59. The first-order valence-electron chi connectivity index (χ1n) is 6.91. The van der Waals surface area contributed by atoms with Gasteiger partial charge in [-0.3, -0.25) is 4.79 Å². The van der Waals surface area contributed by atoms with Gasteiger partial charge in [0.25, 0.3) is 0 Å². The molecule has 1 atom stereocenters. The van der Waals surface area contributed by atoms with Crippen LogP contribution in [0.5, 0.6) is 0 Å². The molecule has 21 heavy (non-hydrogen) atoms. The Morgan fingerprint density at radius 1 is 1.62 bits per heavy atom. The molecule has 1 unspecified atom stereocenters. The number of alkyl halides is 1. The normalized spacial score (nSPS) is 15.7. The molecule has 0 saturated heterocycles. The first-order valence-corrected chi connectivity index (χ1v) is 7.44. The van der Waals surface area contributed by atoms with E-state index in [-0.39, 0.29) is 11.8 Å². The van der Waals surface area contributed by atoms with E-state index in [4.69, 9.17) is 16.9 Å². The molecule has 6 heteroatoms. The summed E-state index contributed by atoms with van der Waals surface area (Å²) in [4.78, 5) is 16.7. The van der Waals surface area contributed by atoms with Crippen molar-refractivity contribution in [3.05, 3.63) is 29.6 Å². The summed E-state index contributed by atoms with van der Waals surface area (Å²) in [5.74, 6) is 0.822. The number of nitrogens with one attached hydrogen (secondary N) is 1. The van der Waals surface area contributed by atoms with E-state index in [0.29, 0.717) is 17.4 Å². The van der Waals surface area contributed by atoms with Crippen LogP contribution in [0.1, 0.15) is 37.2 Å². The van der Waals surface area contributed by atoms with Gasteiger partial charge in [-0.1, -0.05) is 0 Å². The summed E-state index contributed by atoms with van der Waals surface area (Å²) in [5, 5.41) is 12.0. The lowest BCUT2D eigenvalue weighted by Crippen LogP contribution is -2.33. The van der Waals surface area contributed by atoms with E-state index in [2.05, 4.69) is 16.4 Å². The molecule has 0 radical (unpaired) electrons. The topological polar surface area (TPSA) is 70.7 Å². The minimum atomic E-state index is -0.404. The number of carbonyl (C=O) groups is 1. The molecule has 1 N–H and O–H groups in total. The molecule has 2 aromatic rings. The van der Waals surface area contributed by atoms with Crippen molar-refractivity contribution in [2.24, 2.45) is 0 Å². The van der Waals surface area contributed by atoms with Gasteiger partial charge in [0.15, 0.2) is 0 Å². The Morgan fingerprint density at radius 2 is 2.38 bits per heavy atom. The molecule has 1 aromatic carbocycles. The summed E-state index contributed by atoms with van der Waals surface area (Å²) in [6.07, 6.45) is 2.09. The molecule has 1 saturated carbocycles. The highest BCUT2D eigenvalue weighted by molar-refractivity contribution is 6.17. The molecule has 1 amide bonds. The molecule has 108 valence electrons. The van der Waals surface area contributed by atoms with Gasteiger partial charge in [-0.2, -0.15) is 5.26 Å². The number of hydrogen-bond acceptors (Lipinski definition) is 3. The lowest BCUT2D eigenvalue weighted by atomic mass is 10.2. The lowest BCUT2D eigenvalue weighted by Gasteiger charge is -2.16. The van der Waals surface area contributed by atoms with Crippen LogP contribution < -0.4 is 5.32 Å². The zero-order chi connectivity index (χ0) is 15.0. The molecule has 1 aliphatic carbocycles. The van der Waals surface area contributed by atoms with E-state index in [9.17, 15) is 4.79 Å². The summed E-state index contributed by atoms with van der Waals surface area (Å²) < 4.78 is 1.82. The van der Waals surface area contributed by atoms with Crippen LogP contribution in [0.15, 0.2) is 18.2 Å². The van der Waals surface area contributed by atoms with Crippen molar-refractivity contribution in [1.29, 1.82) is 5.26 Å². The number of imidazole rings is 1. The van der Waals surface area contributed by atoms with Crippen molar-refractivity contribution >= 4 is 28.5 Å². The smallest absolute Gasteiger partial charge is 0.243 e. The Labute approximate surface area is 127 Å². The molecule has 0 bridgehead atoms. The standard InChI is InChI=1S/C15H15ClN4O/c1-9(15(21)18-11-3-4-11)20-13-6-10(8-17)2-5-12(13)19-14(20)7-16/h2,5-6,9,11H,3-4,7H2,1H3,(H,18,21). The van der Waals surface area contributed by atoms with Gasteiger partial charge in [0.05, 0.1) is 28.5 Å². The van der Waals surface area contributed by atoms with Crippen LogP contribution in [-0.2, 0) is 10.7 Å². The summed E-state index contributed by atoms with van der Waals surface area (Å²) in [7, 11) is 0. The Kier molecular flexibility index (Phi) is 3.56. The van der Waals surface area contributed by atoms with E-state index in [1.807, 2.05) is 11.5 Å². The van der Waals surface area contributed by atoms with Gasteiger partial charge in [0.1, 0.15) is 11.9 Å². The highest BCUT2D eigenvalue weighted by Crippen LogP contribution is 2.25. The molecule has 3 rings (SSSR count). The van der Waals surface area contributed by atoms with Crippen molar-refractivity contribution in [3.8, 4) is 6.07 Å². The van der Waals surface area contributed by atoms with Gasteiger partial charge in [-0.05, 0) is 38.0 Å². The number of hydrogen-bond donors (Lipinski definition) is 1. The Balaban J connectivity index is 2.05. The highest BCUT2D eigenvalue weighted by Gasteiger charge is 2.28. The van der Waals surface area contributed by atoms with Crippen molar-refractivity contribution in [2.75, 3.05) is 0 Å². The number of rotatable bonds is 4. The number of aromatic nitrogens is 2. The van der Waals surface area contributed by atoms with Gasteiger partial charge in [-0.25, -0.2) is 4.98 Å². The minimum Gasteiger partial charge on any atom is -0.352 e. The molecular formula is C15H15ClN4O. The Morgan fingerprint density at radius 3 is 3.00 bits per heavy atom. The van der Waals surface area contributed by atoms with Gasteiger partial charge in [0.2, 0.25) is 5.91 Å². The number of halogens is 1. The third-order valence-corrected chi connectivity index (χ3v) is 3.94. The maximum atomic E-state index is 12.3. The summed E-state index contributed by atoms with van der Waals surface area (Å²) >= 11 is 5.96. The fourth-order valence-electron chi connectivity index (χ4n) is 2.41. The third-order valence-electron chi connectivity index (χ3n) is 3.70. The minimum absolute atomic E-state index is 0.0365. The van der Waals surface area contributed by atoms with Crippen LogP contribution in [0.4, 0.5) is 0 Å². The van der Waals surface area contributed by atoms with E-state index in [0.717, 1.165) is 23.9 Å². The SMILES string of the molecule is CC(C(=O)NC1CC1)n1c(CCl)nc2ccc(C#N)cc21. The number of nitrogens with zero attached hydrogens (tertiary/aromatic N) is 3. The predicted octanol–water partition coefficient (Wildman–Crippen LogP) is 2.49. The fraction of sp³-hybridized carbons (Fsp3) is 0.400. The number of nitriles is 1. The Bertz CT molecular complexity index is 742. The second-order valence-electron chi connectivity index (χ2n) is 5.31. The largest absolute Gasteiger partial charge is 0.352 e. The second kappa shape index (κ2) is 5.38. The molecule has 1 fully saturated rings. The molecule has 0 spiro atoms. The average Bonchev–Trinajstić information content (AvgIpc) is 3.23. The van der Waals surface area contributed by atoms with Gasteiger partial charge in [-0.15, -0.1) is 11.6 Å². The monoisotopic (exact) mass is 302 g/mol. The predicted molar refractivity (Wildman–Crippen MR) is 79.9 cm³/mol. The molecule has 1 aliphatic rings. The molecule has 5 nitrogen and oxygen atoms in total. The van der Waals surface area contributed by atoms with E-state index in [1.165, 1.54) is 0 Å². The third kappa shape index (κ3) is 2.59. The van der Waals surface area contributed by atoms with Crippen LogP contribution in [-0.4, -0.2) is 21.5 Å². The second-order valence-corrected chi connectivity index (χ2v) is 5.57. The maximum absolute atomic E-state index is 12.3. The number of amides is 1. The number of benzene rings is 1. The van der Waals surface area contributed by atoms with E-state index < -0.39 is 6.04 Å². The van der Waals surface area contributed by atoms with Gasteiger partial charge >= 0.3 is 0 Å². The van der Waals surface area contributed by atoms with Crippen LogP contribution in [0.25, 0.3) is 11.0 Å². The average molecular weight is 303 g/mol. The highest BCUT2D eigenvalue weighted by atomic mass is 35.5. The van der Waals surface area contributed by atoms with Gasteiger partial charge < -0.3 is 9.88 Å². The molecular weight excluding hydrogens is 288 g/mol. The van der Waals surface area contributed by atoms with Gasteiger partial charge in [0, 0.05) is 6.04 Å².